The van der Waals surface area contributed by atoms with Crippen molar-refractivity contribution in [1.82, 2.24) is 0 Å². The number of allylic oxidation sites excluding steroid dienone is 2. The van der Waals surface area contributed by atoms with Gasteiger partial charge in [-0.1, -0.05) is 44.3 Å². The van der Waals surface area contributed by atoms with E-state index in [1.165, 1.54) is 57.8 Å². The van der Waals surface area contributed by atoms with Crippen LogP contribution in [0.25, 0.3) is 0 Å². The molecule has 0 aromatic rings. The summed E-state index contributed by atoms with van der Waals surface area (Å²) in [5.41, 5.74) is 0. The summed E-state index contributed by atoms with van der Waals surface area (Å²) in [7, 11) is 0. The van der Waals surface area contributed by atoms with Gasteiger partial charge in [0.25, 0.3) is 0 Å². The second-order valence-corrected chi connectivity index (χ2v) is 6.12. The summed E-state index contributed by atoms with van der Waals surface area (Å²) in [5, 5.41) is 0. The van der Waals surface area contributed by atoms with Crippen molar-refractivity contribution in [1.29, 1.82) is 0 Å². The van der Waals surface area contributed by atoms with Gasteiger partial charge in [-0.15, -0.1) is 0 Å². The Morgan fingerprint density at radius 2 is 1.62 bits per heavy atom. The van der Waals surface area contributed by atoms with Crippen molar-refractivity contribution >= 4 is 12.6 Å². The molecule has 92 valence electrons. The van der Waals surface area contributed by atoms with E-state index in [0.29, 0.717) is 0 Å². The molecule has 2 rings (SSSR count). The fraction of sp³-hybridized carbons (Fsp3) is 0.867. The molecule has 1 saturated carbocycles. The third kappa shape index (κ3) is 3.55. The summed E-state index contributed by atoms with van der Waals surface area (Å²) in [6.45, 7) is 0. The van der Waals surface area contributed by atoms with Crippen LogP contribution < -0.4 is 0 Å². The lowest BCUT2D eigenvalue weighted by Gasteiger charge is -2.17. The van der Waals surface area contributed by atoms with Crippen molar-refractivity contribution in [3.63, 3.8) is 0 Å². The third-order valence-electron chi connectivity index (χ3n) is 4.40. The molecule has 1 fully saturated rings. The first-order valence-electron chi connectivity index (χ1n) is 7.19. The van der Waals surface area contributed by atoms with E-state index in [-0.39, 0.29) is 0 Å². The number of hydrogen-bond donors (Lipinski definition) is 1. The standard InChI is InChI=1S/C15H26S/c16-10-6-4-2-1-3-5-7-14-11-13-8-9-15(14)12-13/h8-9,13-16H,1-7,10-12H2. The topological polar surface area (TPSA) is 0 Å². The minimum absolute atomic E-state index is 0.963. The Hall–Kier alpha value is 0.0900. The van der Waals surface area contributed by atoms with Crippen molar-refractivity contribution in [2.45, 2.75) is 57.8 Å². The zero-order chi connectivity index (χ0) is 11.2. The molecular weight excluding hydrogens is 212 g/mol. The molecule has 0 saturated heterocycles. The van der Waals surface area contributed by atoms with E-state index in [2.05, 4.69) is 24.8 Å². The van der Waals surface area contributed by atoms with E-state index in [1.807, 2.05) is 0 Å². The van der Waals surface area contributed by atoms with Gasteiger partial charge in [-0.2, -0.15) is 12.6 Å². The Morgan fingerprint density at radius 3 is 2.25 bits per heavy atom. The highest BCUT2D eigenvalue weighted by Gasteiger charge is 2.34. The molecule has 3 unspecified atom stereocenters. The van der Waals surface area contributed by atoms with Gasteiger partial charge in [0.05, 0.1) is 0 Å². The van der Waals surface area contributed by atoms with Gasteiger partial charge in [0, 0.05) is 0 Å². The fourth-order valence-electron chi connectivity index (χ4n) is 3.45. The minimum atomic E-state index is 0.963. The number of rotatable bonds is 8. The van der Waals surface area contributed by atoms with E-state index in [4.69, 9.17) is 0 Å². The first-order valence-corrected chi connectivity index (χ1v) is 7.82. The van der Waals surface area contributed by atoms with Crippen LogP contribution in [0.15, 0.2) is 12.2 Å². The molecular formula is C15H26S. The highest BCUT2D eigenvalue weighted by molar-refractivity contribution is 7.80. The van der Waals surface area contributed by atoms with E-state index >= 15 is 0 Å². The van der Waals surface area contributed by atoms with E-state index in [0.717, 1.165) is 23.5 Å². The monoisotopic (exact) mass is 238 g/mol. The van der Waals surface area contributed by atoms with Gasteiger partial charge in [-0.3, -0.25) is 0 Å². The first kappa shape index (κ1) is 12.5. The molecule has 0 nitrogen and oxygen atoms in total. The quantitative estimate of drug-likeness (QED) is 0.348. The lowest BCUT2D eigenvalue weighted by molar-refractivity contribution is 0.394. The zero-order valence-corrected chi connectivity index (χ0v) is 11.3. The minimum Gasteiger partial charge on any atom is -0.179 e. The SMILES string of the molecule is SCCCCCCCCC1CC2C=CC1C2. The summed E-state index contributed by atoms with van der Waals surface area (Å²) in [6, 6.07) is 0. The maximum Gasteiger partial charge on any atom is -0.00979 e. The number of unbranched alkanes of at least 4 members (excludes halogenated alkanes) is 5. The molecule has 16 heavy (non-hydrogen) atoms. The van der Waals surface area contributed by atoms with Crippen LogP contribution in [0, 0.1) is 17.8 Å². The molecule has 0 aromatic carbocycles. The first-order chi connectivity index (χ1) is 7.90. The summed E-state index contributed by atoms with van der Waals surface area (Å²) in [4.78, 5) is 0. The van der Waals surface area contributed by atoms with Crippen LogP contribution in [0.5, 0.6) is 0 Å². The largest absolute Gasteiger partial charge is 0.179 e. The van der Waals surface area contributed by atoms with Gasteiger partial charge in [0.1, 0.15) is 0 Å². The van der Waals surface area contributed by atoms with E-state index in [1.54, 1.807) is 0 Å². The average molecular weight is 238 g/mol. The molecule has 0 radical (unpaired) electrons. The van der Waals surface area contributed by atoms with Crippen LogP contribution in [0.2, 0.25) is 0 Å². The van der Waals surface area contributed by atoms with E-state index < -0.39 is 0 Å². The van der Waals surface area contributed by atoms with Crippen molar-refractivity contribution in [3.8, 4) is 0 Å². The lowest BCUT2D eigenvalue weighted by atomic mass is 9.88. The summed E-state index contributed by atoms with van der Waals surface area (Å²) < 4.78 is 0. The molecule has 0 amide bonds. The summed E-state index contributed by atoms with van der Waals surface area (Å²) >= 11 is 4.24. The lowest BCUT2D eigenvalue weighted by Crippen LogP contribution is -2.06. The maximum absolute atomic E-state index is 4.24. The smallest absolute Gasteiger partial charge is 0.00979 e. The van der Waals surface area contributed by atoms with Gasteiger partial charge >= 0.3 is 0 Å². The molecule has 2 aliphatic rings. The van der Waals surface area contributed by atoms with Gasteiger partial charge in [0.2, 0.25) is 0 Å². The van der Waals surface area contributed by atoms with Crippen LogP contribution in [0.1, 0.15) is 57.8 Å². The van der Waals surface area contributed by atoms with Crippen molar-refractivity contribution < 1.29 is 0 Å². The van der Waals surface area contributed by atoms with E-state index in [9.17, 15) is 0 Å². The Balaban J connectivity index is 1.45. The predicted molar refractivity (Wildman–Crippen MR) is 75.0 cm³/mol. The molecule has 2 aliphatic carbocycles. The highest BCUT2D eigenvalue weighted by Crippen LogP contribution is 2.45. The normalized spacial score (nSPS) is 31.4. The molecule has 2 bridgehead atoms. The molecule has 3 atom stereocenters. The van der Waals surface area contributed by atoms with Crippen molar-refractivity contribution in [3.05, 3.63) is 12.2 Å². The number of fused-ring (bicyclic) bond motifs is 2. The van der Waals surface area contributed by atoms with Crippen molar-refractivity contribution in [2.24, 2.45) is 17.8 Å². The number of thiol groups is 1. The van der Waals surface area contributed by atoms with Gasteiger partial charge in [-0.25, -0.2) is 0 Å². The van der Waals surface area contributed by atoms with Crippen LogP contribution in [-0.4, -0.2) is 5.75 Å². The van der Waals surface area contributed by atoms with Crippen LogP contribution in [0.3, 0.4) is 0 Å². The summed E-state index contributed by atoms with van der Waals surface area (Å²) in [5.74, 6) is 4.05. The summed E-state index contributed by atoms with van der Waals surface area (Å²) in [6.07, 6.45) is 17.9. The Labute approximate surface area is 106 Å². The molecule has 0 N–H and O–H groups in total. The average Bonchev–Trinajstić information content (AvgIpc) is 2.90. The Kier molecular flexibility index (Phi) is 5.28. The molecule has 0 aromatic heterocycles. The Bertz CT molecular complexity index is 221. The van der Waals surface area contributed by atoms with Crippen LogP contribution >= 0.6 is 12.6 Å². The molecule has 1 heteroatoms. The zero-order valence-electron chi connectivity index (χ0n) is 10.4. The third-order valence-corrected chi connectivity index (χ3v) is 4.72. The van der Waals surface area contributed by atoms with Gasteiger partial charge < -0.3 is 0 Å². The van der Waals surface area contributed by atoms with Gasteiger partial charge in [-0.05, 0) is 49.2 Å². The molecule has 0 heterocycles. The Morgan fingerprint density at radius 1 is 0.875 bits per heavy atom. The van der Waals surface area contributed by atoms with Crippen molar-refractivity contribution in [2.75, 3.05) is 5.75 Å². The maximum atomic E-state index is 4.24. The molecule has 0 aliphatic heterocycles. The molecule has 0 spiro atoms. The fourth-order valence-corrected chi connectivity index (χ4v) is 3.68. The van der Waals surface area contributed by atoms with Crippen LogP contribution in [-0.2, 0) is 0 Å². The second kappa shape index (κ2) is 6.74. The second-order valence-electron chi connectivity index (χ2n) is 5.67. The van der Waals surface area contributed by atoms with Gasteiger partial charge in [0.15, 0.2) is 0 Å². The van der Waals surface area contributed by atoms with Crippen LogP contribution in [0.4, 0.5) is 0 Å². The highest BCUT2D eigenvalue weighted by atomic mass is 32.1. The predicted octanol–water partition coefficient (Wildman–Crippen LogP) is 4.86. The number of hydrogen-bond acceptors (Lipinski definition) is 1.